The summed E-state index contributed by atoms with van der Waals surface area (Å²) in [6.07, 6.45) is -4.21. The Labute approximate surface area is 144 Å². The van der Waals surface area contributed by atoms with Crippen LogP contribution < -0.4 is 10.1 Å². The number of carbonyl (C=O) groups excluding carboxylic acids is 1. The minimum Gasteiger partial charge on any atom is -0.481 e. The van der Waals surface area contributed by atoms with E-state index in [4.69, 9.17) is 4.74 Å². The number of aryl methyl sites for hydroxylation is 1. The lowest BCUT2D eigenvalue weighted by atomic mass is 10.1. The number of nitrogens with one attached hydrogen (secondary N) is 1. The van der Waals surface area contributed by atoms with E-state index in [-0.39, 0.29) is 5.69 Å². The lowest BCUT2D eigenvalue weighted by Crippen LogP contribution is -2.33. The second-order valence-electron chi connectivity index (χ2n) is 5.54. The van der Waals surface area contributed by atoms with Gasteiger partial charge in [0.05, 0.1) is 11.3 Å². The van der Waals surface area contributed by atoms with Crippen LogP contribution >= 0.6 is 0 Å². The fourth-order valence-electron chi connectivity index (χ4n) is 2.34. The van der Waals surface area contributed by atoms with Crippen LogP contribution in [0.2, 0.25) is 0 Å². The third kappa shape index (κ3) is 4.98. The Balaban J connectivity index is 2.12. The molecule has 0 heterocycles. The van der Waals surface area contributed by atoms with E-state index in [2.05, 4.69) is 5.32 Å². The molecule has 2 aromatic rings. The highest BCUT2D eigenvalue weighted by Gasteiger charge is 2.34. The molecule has 2 aromatic carbocycles. The van der Waals surface area contributed by atoms with E-state index in [1.165, 1.54) is 18.2 Å². The molecule has 0 bridgehead atoms. The normalized spacial score (nSPS) is 12.5. The number of alkyl halides is 3. The summed E-state index contributed by atoms with van der Waals surface area (Å²) in [5, 5.41) is 2.33. The molecule has 0 aliphatic carbocycles. The van der Waals surface area contributed by atoms with Crippen LogP contribution in [-0.2, 0) is 17.4 Å². The topological polar surface area (TPSA) is 38.3 Å². The van der Waals surface area contributed by atoms with Crippen LogP contribution in [0.15, 0.2) is 48.5 Å². The maximum atomic E-state index is 13.0. The number of carbonyl (C=O) groups is 1. The zero-order chi connectivity index (χ0) is 18.4. The quantitative estimate of drug-likeness (QED) is 0.790. The van der Waals surface area contributed by atoms with Crippen molar-refractivity contribution in [1.29, 1.82) is 0 Å². The Morgan fingerprint density at radius 1 is 1.08 bits per heavy atom. The standard InChI is InChI=1S/C19H20F3NO2/c1-3-13-9-11-14(12-10-13)25-17(4-2)18(24)23-16-8-6-5-7-15(16)19(20,21)22/h5-12,17H,3-4H2,1-2H3,(H,23,24)/t17-/m1/s1. The van der Waals surface area contributed by atoms with Crippen molar-refractivity contribution in [1.82, 2.24) is 0 Å². The molecule has 0 unspecified atom stereocenters. The molecule has 1 amide bonds. The third-order valence-electron chi connectivity index (χ3n) is 3.76. The predicted octanol–water partition coefficient (Wildman–Crippen LogP) is 5.06. The van der Waals surface area contributed by atoms with Gasteiger partial charge in [-0.2, -0.15) is 13.2 Å². The second-order valence-corrected chi connectivity index (χ2v) is 5.54. The van der Waals surface area contributed by atoms with Gasteiger partial charge in [0.1, 0.15) is 5.75 Å². The molecule has 0 aliphatic heterocycles. The maximum Gasteiger partial charge on any atom is 0.418 e. The molecule has 0 radical (unpaired) electrons. The van der Waals surface area contributed by atoms with Crippen LogP contribution in [0, 0.1) is 0 Å². The Kier molecular flexibility index (Phi) is 6.07. The third-order valence-corrected chi connectivity index (χ3v) is 3.76. The first-order valence-corrected chi connectivity index (χ1v) is 8.07. The number of amides is 1. The van der Waals surface area contributed by atoms with Gasteiger partial charge in [0.25, 0.3) is 5.91 Å². The highest BCUT2D eigenvalue weighted by Crippen LogP contribution is 2.34. The minimum absolute atomic E-state index is 0.275. The van der Waals surface area contributed by atoms with Gasteiger partial charge in [-0.3, -0.25) is 4.79 Å². The van der Waals surface area contributed by atoms with Gasteiger partial charge in [0, 0.05) is 0 Å². The molecule has 0 aliphatic rings. The number of hydrogen-bond acceptors (Lipinski definition) is 2. The van der Waals surface area contributed by atoms with Crippen molar-refractivity contribution in [2.75, 3.05) is 5.32 Å². The summed E-state index contributed by atoms with van der Waals surface area (Å²) in [7, 11) is 0. The number of ether oxygens (including phenoxy) is 1. The van der Waals surface area contributed by atoms with E-state index in [9.17, 15) is 18.0 Å². The van der Waals surface area contributed by atoms with Crippen LogP contribution in [0.4, 0.5) is 18.9 Å². The minimum atomic E-state index is -4.54. The molecule has 0 aromatic heterocycles. The molecule has 25 heavy (non-hydrogen) atoms. The van der Waals surface area contributed by atoms with Crippen molar-refractivity contribution in [2.24, 2.45) is 0 Å². The fraction of sp³-hybridized carbons (Fsp3) is 0.316. The number of rotatable bonds is 6. The summed E-state index contributed by atoms with van der Waals surface area (Å²) in [6, 6.07) is 12.1. The number of hydrogen-bond donors (Lipinski definition) is 1. The highest BCUT2D eigenvalue weighted by atomic mass is 19.4. The lowest BCUT2D eigenvalue weighted by Gasteiger charge is -2.19. The van der Waals surface area contributed by atoms with Gasteiger partial charge < -0.3 is 10.1 Å². The highest BCUT2D eigenvalue weighted by molar-refractivity contribution is 5.95. The van der Waals surface area contributed by atoms with Crippen molar-refractivity contribution < 1.29 is 22.7 Å². The Morgan fingerprint density at radius 3 is 2.28 bits per heavy atom. The monoisotopic (exact) mass is 351 g/mol. The summed E-state index contributed by atoms with van der Waals surface area (Å²) in [5.74, 6) is -0.109. The van der Waals surface area contributed by atoms with E-state index < -0.39 is 23.8 Å². The van der Waals surface area contributed by atoms with E-state index in [1.54, 1.807) is 19.1 Å². The number of halogens is 3. The largest absolute Gasteiger partial charge is 0.481 e. The summed E-state index contributed by atoms with van der Waals surface area (Å²) in [6.45, 7) is 3.76. The molecule has 6 heteroatoms. The Hall–Kier alpha value is -2.50. The summed E-state index contributed by atoms with van der Waals surface area (Å²) < 4.78 is 44.7. The van der Waals surface area contributed by atoms with Crippen molar-refractivity contribution in [3.63, 3.8) is 0 Å². The zero-order valence-corrected chi connectivity index (χ0v) is 14.1. The van der Waals surface area contributed by atoms with Gasteiger partial charge in [-0.25, -0.2) is 0 Å². The van der Waals surface area contributed by atoms with Crippen molar-refractivity contribution >= 4 is 11.6 Å². The van der Waals surface area contributed by atoms with Gasteiger partial charge in [-0.05, 0) is 42.7 Å². The number of anilines is 1. The van der Waals surface area contributed by atoms with Crippen molar-refractivity contribution in [3.8, 4) is 5.75 Å². The smallest absolute Gasteiger partial charge is 0.418 e. The van der Waals surface area contributed by atoms with Crippen molar-refractivity contribution in [2.45, 2.75) is 39.0 Å². The van der Waals surface area contributed by atoms with Gasteiger partial charge in [0.15, 0.2) is 6.10 Å². The van der Waals surface area contributed by atoms with Crippen molar-refractivity contribution in [3.05, 3.63) is 59.7 Å². The number of para-hydroxylation sites is 1. The molecule has 2 rings (SSSR count). The van der Waals surface area contributed by atoms with Gasteiger partial charge >= 0.3 is 6.18 Å². The number of benzene rings is 2. The molecule has 0 saturated carbocycles. The van der Waals surface area contributed by atoms with Gasteiger partial charge in [-0.15, -0.1) is 0 Å². The first-order chi connectivity index (χ1) is 11.8. The average molecular weight is 351 g/mol. The predicted molar refractivity (Wildman–Crippen MR) is 90.6 cm³/mol. The summed E-state index contributed by atoms with van der Waals surface area (Å²) >= 11 is 0. The Bertz CT molecular complexity index is 711. The molecule has 1 N–H and O–H groups in total. The van der Waals surface area contributed by atoms with Crippen LogP contribution in [0.3, 0.4) is 0 Å². The first kappa shape index (κ1) is 18.8. The molecule has 0 spiro atoms. The summed E-state index contributed by atoms with van der Waals surface area (Å²) in [5.41, 5.74) is -0.0298. The van der Waals surface area contributed by atoms with Gasteiger partial charge in [0.2, 0.25) is 0 Å². The molecule has 134 valence electrons. The second kappa shape index (κ2) is 8.05. The molecule has 0 saturated heterocycles. The molecule has 1 atom stereocenters. The van der Waals surface area contributed by atoms with Gasteiger partial charge in [-0.1, -0.05) is 38.1 Å². The molecular formula is C19H20F3NO2. The van der Waals surface area contributed by atoms with E-state index in [0.717, 1.165) is 18.1 Å². The molecule has 3 nitrogen and oxygen atoms in total. The van der Waals surface area contributed by atoms with Crippen LogP contribution in [0.25, 0.3) is 0 Å². The van der Waals surface area contributed by atoms with Crippen LogP contribution in [0.1, 0.15) is 31.4 Å². The van der Waals surface area contributed by atoms with Crippen LogP contribution in [-0.4, -0.2) is 12.0 Å². The van der Waals surface area contributed by atoms with E-state index >= 15 is 0 Å². The first-order valence-electron chi connectivity index (χ1n) is 8.07. The van der Waals surface area contributed by atoms with E-state index in [1.807, 2.05) is 19.1 Å². The molecule has 0 fully saturated rings. The van der Waals surface area contributed by atoms with Crippen LogP contribution in [0.5, 0.6) is 5.75 Å². The average Bonchev–Trinajstić information content (AvgIpc) is 2.59. The summed E-state index contributed by atoms with van der Waals surface area (Å²) in [4.78, 5) is 12.3. The zero-order valence-electron chi connectivity index (χ0n) is 14.1. The lowest BCUT2D eigenvalue weighted by molar-refractivity contribution is -0.137. The SMILES string of the molecule is CCc1ccc(O[C@H](CC)C(=O)Nc2ccccc2C(F)(F)F)cc1. The molecular weight excluding hydrogens is 331 g/mol. The fourth-order valence-corrected chi connectivity index (χ4v) is 2.34. The Morgan fingerprint density at radius 2 is 1.72 bits per heavy atom. The maximum absolute atomic E-state index is 13.0. The van der Waals surface area contributed by atoms with E-state index in [0.29, 0.717) is 12.2 Å².